The first-order valence-corrected chi connectivity index (χ1v) is 13.6. The van der Waals surface area contributed by atoms with Gasteiger partial charge >= 0.3 is 6.09 Å². The molecule has 4 rings (SSSR count). The summed E-state index contributed by atoms with van der Waals surface area (Å²) in [6.07, 6.45) is -0.0543. The lowest BCUT2D eigenvalue weighted by molar-refractivity contribution is -0.119. The molecule has 1 aliphatic rings. The normalized spacial score (nSPS) is 15.2. The maximum atomic E-state index is 15.0. The smallest absolute Gasteiger partial charge is 0.414 e. The number of anilines is 1. The van der Waals surface area contributed by atoms with Crippen LogP contribution < -0.4 is 15.5 Å². The molecule has 2 N–H and O–H groups in total. The summed E-state index contributed by atoms with van der Waals surface area (Å²) in [5.41, 5.74) is 2.29. The number of nitrogens with one attached hydrogen (secondary N) is 2. The fourth-order valence-corrected chi connectivity index (χ4v) is 4.62. The number of carbonyl (C=O) groups excluding carboxylic acids is 3. The summed E-state index contributed by atoms with van der Waals surface area (Å²) in [6.45, 7) is 1.93. The van der Waals surface area contributed by atoms with Crippen LogP contribution in [0.4, 0.5) is 14.9 Å². The van der Waals surface area contributed by atoms with E-state index in [9.17, 15) is 27.2 Å². The highest BCUT2D eigenvalue weighted by Gasteiger charge is 2.32. The molecule has 0 radical (unpaired) electrons. The fourth-order valence-electron chi connectivity index (χ4n) is 3.96. The van der Waals surface area contributed by atoms with Crippen molar-refractivity contribution in [2.45, 2.75) is 24.5 Å². The zero-order valence-corrected chi connectivity index (χ0v) is 21.5. The Kier molecular flexibility index (Phi) is 7.77. The summed E-state index contributed by atoms with van der Waals surface area (Å²) in [5, 5.41) is 5.34. The van der Waals surface area contributed by atoms with Crippen molar-refractivity contribution in [3.63, 3.8) is 0 Å². The summed E-state index contributed by atoms with van der Waals surface area (Å²) < 4.78 is 43.7. The van der Waals surface area contributed by atoms with E-state index < -0.39 is 33.8 Å². The van der Waals surface area contributed by atoms with Gasteiger partial charge in [0.1, 0.15) is 11.9 Å². The first-order valence-electron chi connectivity index (χ1n) is 11.7. The van der Waals surface area contributed by atoms with Crippen molar-refractivity contribution in [1.29, 1.82) is 0 Å². The summed E-state index contributed by atoms with van der Waals surface area (Å²) in [4.78, 5) is 37.1. The number of rotatable bonds is 8. The third-order valence-electron chi connectivity index (χ3n) is 5.96. The molecule has 0 aliphatic carbocycles. The van der Waals surface area contributed by atoms with Crippen molar-refractivity contribution in [3.05, 3.63) is 83.7 Å². The Morgan fingerprint density at radius 1 is 1.05 bits per heavy atom. The number of ether oxygens (including phenoxy) is 1. The van der Waals surface area contributed by atoms with Crippen molar-refractivity contribution in [1.82, 2.24) is 10.6 Å². The summed E-state index contributed by atoms with van der Waals surface area (Å²) >= 11 is 0. The Balaban J connectivity index is 1.39. The maximum absolute atomic E-state index is 15.0. The van der Waals surface area contributed by atoms with Crippen LogP contribution in [-0.4, -0.2) is 51.8 Å². The third-order valence-corrected chi connectivity index (χ3v) is 7.07. The maximum Gasteiger partial charge on any atom is 0.414 e. The Morgan fingerprint density at radius 2 is 1.79 bits per heavy atom. The van der Waals surface area contributed by atoms with E-state index >= 15 is 0 Å². The second-order valence-electron chi connectivity index (χ2n) is 8.90. The van der Waals surface area contributed by atoms with Crippen LogP contribution in [0.2, 0.25) is 0 Å². The highest BCUT2D eigenvalue weighted by atomic mass is 32.2. The van der Waals surface area contributed by atoms with Gasteiger partial charge in [0.05, 0.1) is 23.7 Å². The van der Waals surface area contributed by atoms with Gasteiger partial charge in [-0.15, -0.1) is 0 Å². The molecule has 1 aliphatic heterocycles. The van der Waals surface area contributed by atoms with Gasteiger partial charge < -0.3 is 15.4 Å². The SMILES string of the molecule is CC(=O)NCC1CN(c2ccc(-c3ccc(CNC(=O)c4cccc(S(C)(=O)=O)c4)cc3)c(F)c2)C(=O)O1. The molecule has 1 fully saturated rings. The third kappa shape index (κ3) is 6.35. The molecule has 1 unspecified atom stereocenters. The van der Waals surface area contributed by atoms with Crippen LogP contribution in [0.15, 0.2) is 71.6 Å². The van der Waals surface area contributed by atoms with Crippen molar-refractivity contribution in [3.8, 4) is 11.1 Å². The minimum Gasteiger partial charge on any atom is -0.442 e. The fraction of sp³-hybridized carbons (Fsp3) is 0.222. The lowest BCUT2D eigenvalue weighted by Gasteiger charge is -2.15. The Hall–Kier alpha value is -4.25. The number of amides is 3. The molecule has 11 heteroatoms. The number of cyclic esters (lactones) is 1. The second-order valence-corrected chi connectivity index (χ2v) is 10.9. The predicted octanol–water partition coefficient (Wildman–Crippen LogP) is 3.29. The summed E-state index contributed by atoms with van der Waals surface area (Å²) in [6, 6.07) is 17.2. The van der Waals surface area contributed by atoms with Crippen LogP contribution in [-0.2, 0) is 25.9 Å². The van der Waals surface area contributed by atoms with E-state index in [4.69, 9.17) is 4.74 Å². The molecule has 1 heterocycles. The molecule has 3 amide bonds. The van der Waals surface area contributed by atoms with E-state index in [2.05, 4.69) is 10.6 Å². The number of carbonyl (C=O) groups is 3. The van der Waals surface area contributed by atoms with Gasteiger partial charge in [-0.3, -0.25) is 14.5 Å². The predicted molar refractivity (Wildman–Crippen MR) is 139 cm³/mol. The van der Waals surface area contributed by atoms with E-state index in [-0.39, 0.29) is 36.0 Å². The average molecular weight is 540 g/mol. The minimum absolute atomic E-state index is 0.0639. The van der Waals surface area contributed by atoms with E-state index in [0.717, 1.165) is 11.8 Å². The monoisotopic (exact) mass is 539 g/mol. The van der Waals surface area contributed by atoms with Crippen LogP contribution in [0.5, 0.6) is 0 Å². The zero-order chi connectivity index (χ0) is 27.4. The van der Waals surface area contributed by atoms with E-state index in [0.29, 0.717) is 16.8 Å². The van der Waals surface area contributed by atoms with Gasteiger partial charge in [0.15, 0.2) is 9.84 Å². The van der Waals surface area contributed by atoms with Crippen LogP contribution in [0.1, 0.15) is 22.8 Å². The van der Waals surface area contributed by atoms with Gasteiger partial charge in [0.25, 0.3) is 5.91 Å². The number of benzene rings is 3. The van der Waals surface area contributed by atoms with Crippen molar-refractivity contribution in [2.24, 2.45) is 0 Å². The van der Waals surface area contributed by atoms with Gasteiger partial charge in [-0.05, 0) is 47.5 Å². The largest absolute Gasteiger partial charge is 0.442 e. The molecular weight excluding hydrogens is 513 g/mol. The van der Waals surface area contributed by atoms with E-state index in [1.54, 1.807) is 36.4 Å². The second kappa shape index (κ2) is 11.0. The van der Waals surface area contributed by atoms with Crippen LogP contribution in [0.25, 0.3) is 11.1 Å². The molecule has 3 aromatic carbocycles. The van der Waals surface area contributed by atoms with Gasteiger partial charge in [-0.1, -0.05) is 30.3 Å². The van der Waals surface area contributed by atoms with Crippen LogP contribution >= 0.6 is 0 Å². The Labute approximate surface area is 219 Å². The van der Waals surface area contributed by atoms with Crippen molar-refractivity contribution in [2.75, 3.05) is 24.2 Å². The first-order chi connectivity index (χ1) is 18.0. The molecule has 1 atom stereocenters. The molecule has 3 aromatic rings. The minimum atomic E-state index is -3.43. The molecule has 0 aromatic heterocycles. The van der Waals surface area contributed by atoms with Crippen LogP contribution in [0, 0.1) is 5.82 Å². The van der Waals surface area contributed by atoms with Crippen molar-refractivity contribution >= 4 is 33.4 Å². The summed E-state index contributed by atoms with van der Waals surface area (Å²) in [7, 11) is -3.43. The molecule has 0 saturated carbocycles. The standard InChI is InChI=1S/C27H26FN3O6S/c1-17(32)29-15-22-16-31(27(34)37-22)21-10-11-24(25(28)13-21)19-8-6-18(7-9-19)14-30-26(33)20-4-3-5-23(12-20)38(2,35)36/h3-13,22H,14-16H2,1-2H3,(H,29,32)(H,30,33). The molecule has 1 saturated heterocycles. The quantitative estimate of drug-likeness (QED) is 0.453. The molecule has 38 heavy (non-hydrogen) atoms. The van der Waals surface area contributed by atoms with Gasteiger partial charge in [-0.25, -0.2) is 17.6 Å². The van der Waals surface area contributed by atoms with E-state index in [1.165, 1.54) is 42.2 Å². The number of halogens is 1. The van der Waals surface area contributed by atoms with Gasteiger partial charge in [-0.2, -0.15) is 0 Å². The molecule has 9 nitrogen and oxygen atoms in total. The topological polar surface area (TPSA) is 122 Å². The molecule has 0 spiro atoms. The van der Waals surface area contributed by atoms with E-state index in [1.807, 2.05) is 0 Å². The number of nitrogens with zero attached hydrogens (tertiary/aromatic N) is 1. The number of hydrogen-bond donors (Lipinski definition) is 2. The van der Waals surface area contributed by atoms with Gasteiger partial charge in [0, 0.05) is 30.9 Å². The average Bonchev–Trinajstić information content (AvgIpc) is 3.26. The highest BCUT2D eigenvalue weighted by molar-refractivity contribution is 7.90. The first kappa shape index (κ1) is 26.8. The zero-order valence-electron chi connectivity index (χ0n) is 20.7. The van der Waals surface area contributed by atoms with Crippen molar-refractivity contribution < 1.29 is 31.9 Å². The lowest BCUT2D eigenvalue weighted by Crippen LogP contribution is -2.33. The lowest BCUT2D eigenvalue weighted by atomic mass is 10.0. The summed E-state index contributed by atoms with van der Waals surface area (Å²) in [5.74, 6) is -1.17. The number of sulfone groups is 1. The highest BCUT2D eigenvalue weighted by Crippen LogP contribution is 2.29. The van der Waals surface area contributed by atoms with Crippen LogP contribution in [0.3, 0.4) is 0 Å². The number of hydrogen-bond acceptors (Lipinski definition) is 6. The van der Waals surface area contributed by atoms with Gasteiger partial charge in [0.2, 0.25) is 5.91 Å². The Bertz CT molecular complexity index is 1490. The molecule has 0 bridgehead atoms. The molecule has 198 valence electrons. The Morgan fingerprint density at radius 3 is 2.45 bits per heavy atom. The molecular formula is C27H26FN3O6S.